The monoisotopic (exact) mass is 408 g/mol. The minimum atomic E-state index is -3.61. The number of unbranched alkanes of at least 4 members (excludes halogenated alkanes) is 3. The van der Waals surface area contributed by atoms with Crippen molar-refractivity contribution in [2.45, 2.75) is 44.0 Å². The summed E-state index contributed by atoms with van der Waals surface area (Å²) < 4.78 is 27.1. The van der Waals surface area contributed by atoms with Crippen LogP contribution in [0.2, 0.25) is 5.02 Å². The summed E-state index contributed by atoms with van der Waals surface area (Å²) in [6, 6.07) is 12.9. The zero-order chi connectivity index (χ0) is 19.7. The Bertz CT molecular complexity index is 835. The molecule has 0 aromatic heterocycles. The second-order valence-corrected chi connectivity index (χ2v) is 8.50. The third kappa shape index (κ3) is 6.97. The highest BCUT2D eigenvalue weighted by atomic mass is 35.5. The third-order valence-electron chi connectivity index (χ3n) is 4.12. The van der Waals surface area contributed by atoms with Crippen LogP contribution in [0.15, 0.2) is 53.4 Å². The molecule has 0 aliphatic rings. The molecule has 0 unspecified atom stereocenters. The van der Waals surface area contributed by atoms with Gasteiger partial charge in [0.15, 0.2) is 0 Å². The average molecular weight is 409 g/mol. The fraction of sp³-hybridized carbons (Fsp3) is 0.350. The Balaban J connectivity index is 1.86. The van der Waals surface area contributed by atoms with Gasteiger partial charge in [-0.3, -0.25) is 4.79 Å². The van der Waals surface area contributed by atoms with E-state index >= 15 is 0 Å². The predicted molar refractivity (Wildman–Crippen MR) is 108 cm³/mol. The molecular formula is C20H25ClN2O3S. The van der Waals surface area contributed by atoms with Gasteiger partial charge in [-0.05, 0) is 48.4 Å². The fourth-order valence-corrected chi connectivity index (χ4v) is 3.65. The average Bonchev–Trinajstić information content (AvgIpc) is 2.67. The van der Waals surface area contributed by atoms with Gasteiger partial charge in [0, 0.05) is 23.7 Å². The largest absolute Gasteiger partial charge is 0.352 e. The van der Waals surface area contributed by atoms with Crippen LogP contribution in [-0.2, 0) is 16.6 Å². The van der Waals surface area contributed by atoms with E-state index in [9.17, 15) is 13.2 Å². The van der Waals surface area contributed by atoms with Gasteiger partial charge in [0.1, 0.15) is 0 Å². The molecule has 0 fully saturated rings. The van der Waals surface area contributed by atoms with Crippen LogP contribution in [0.1, 0.15) is 48.5 Å². The summed E-state index contributed by atoms with van der Waals surface area (Å²) in [5.74, 6) is -0.111. The van der Waals surface area contributed by atoms with Crippen LogP contribution in [0.4, 0.5) is 0 Å². The van der Waals surface area contributed by atoms with Crippen molar-refractivity contribution in [3.8, 4) is 0 Å². The minimum absolute atomic E-state index is 0.111. The smallest absolute Gasteiger partial charge is 0.251 e. The first-order valence-corrected chi connectivity index (χ1v) is 10.9. The number of carbonyl (C=O) groups excluding carboxylic acids is 1. The molecule has 0 aliphatic carbocycles. The van der Waals surface area contributed by atoms with E-state index in [0.29, 0.717) is 17.1 Å². The molecule has 5 nitrogen and oxygen atoms in total. The van der Waals surface area contributed by atoms with Crippen LogP contribution in [0.5, 0.6) is 0 Å². The van der Waals surface area contributed by atoms with Gasteiger partial charge < -0.3 is 5.32 Å². The molecule has 7 heteroatoms. The topological polar surface area (TPSA) is 75.3 Å². The number of hydrogen-bond acceptors (Lipinski definition) is 3. The normalized spacial score (nSPS) is 11.3. The van der Waals surface area contributed by atoms with Crippen LogP contribution < -0.4 is 10.0 Å². The highest BCUT2D eigenvalue weighted by Crippen LogP contribution is 2.14. The van der Waals surface area contributed by atoms with E-state index < -0.39 is 10.0 Å². The van der Waals surface area contributed by atoms with Gasteiger partial charge in [-0.15, -0.1) is 0 Å². The number of hydrogen-bond donors (Lipinski definition) is 2. The lowest BCUT2D eigenvalue weighted by Gasteiger charge is -2.08. The van der Waals surface area contributed by atoms with Crippen molar-refractivity contribution in [3.63, 3.8) is 0 Å². The molecule has 0 aliphatic heterocycles. The number of carbonyl (C=O) groups is 1. The zero-order valence-electron chi connectivity index (χ0n) is 15.4. The highest BCUT2D eigenvalue weighted by Gasteiger charge is 2.13. The van der Waals surface area contributed by atoms with Gasteiger partial charge in [0.25, 0.3) is 5.91 Å². The summed E-state index contributed by atoms with van der Waals surface area (Å²) in [7, 11) is -3.61. The highest BCUT2D eigenvalue weighted by molar-refractivity contribution is 7.89. The molecule has 0 heterocycles. The van der Waals surface area contributed by atoms with Gasteiger partial charge in [-0.2, -0.15) is 0 Å². The van der Waals surface area contributed by atoms with Crippen molar-refractivity contribution in [1.82, 2.24) is 10.0 Å². The molecule has 2 N–H and O–H groups in total. The lowest BCUT2D eigenvalue weighted by Crippen LogP contribution is -2.25. The Morgan fingerprint density at radius 3 is 2.26 bits per heavy atom. The van der Waals surface area contributed by atoms with Crippen molar-refractivity contribution >= 4 is 27.5 Å². The van der Waals surface area contributed by atoms with E-state index in [4.69, 9.17) is 11.6 Å². The van der Waals surface area contributed by atoms with Crippen LogP contribution in [0.3, 0.4) is 0 Å². The summed E-state index contributed by atoms with van der Waals surface area (Å²) >= 11 is 5.78. The number of sulfonamides is 1. The maximum absolute atomic E-state index is 12.3. The van der Waals surface area contributed by atoms with Gasteiger partial charge in [0.2, 0.25) is 10.0 Å². The number of nitrogens with one attached hydrogen (secondary N) is 2. The molecule has 2 aromatic carbocycles. The summed E-state index contributed by atoms with van der Waals surface area (Å²) in [6.07, 6.45) is 4.43. The standard InChI is InChI=1S/C20H25ClN2O3S/c1-2-3-4-5-14-22-20(24)17-8-6-16(7-9-17)15-23-27(25,26)19-12-10-18(21)11-13-19/h6-13,23H,2-5,14-15H2,1H3,(H,22,24). The van der Waals surface area contributed by atoms with Crippen molar-refractivity contribution < 1.29 is 13.2 Å². The first-order chi connectivity index (χ1) is 12.9. The van der Waals surface area contributed by atoms with Crippen LogP contribution in [-0.4, -0.2) is 20.9 Å². The maximum Gasteiger partial charge on any atom is 0.251 e. The summed E-state index contributed by atoms with van der Waals surface area (Å²) in [5.41, 5.74) is 1.34. The number of halogens is 1. The second-order valence-electron chi connectivity index (χ2n) is 6.29. The maximum atomic E-state index is 12.3. The van der Waals surface area contributed by atoms with Crippen LogP contribution in [0, 0.1) is 0 Å². The van der Waals surface area contributed by atoms with E-state index in [-0.39, 0.29) is 17.3 Å². The summed E-state index contributed by atoms with van der Waals surface area (Å²) in [4.78, 5) is 12.2. The van der Waals surface area contributed by atoms with Crippen molar-refractivity contribution in [1.29, 1.82) is 0 Å². The first kappa shape index (κ1) is 21.4. The van der Waals surface area contributed by atoms with Gasteiger partial charge >= 0.3 is 0 Å². The molecule has 0 spiro atoms. The van der Waals surface area contributed by atoms with Crippen molar-refractivity contribution in [2.75, 3.05) is 6.54 Å². The molecule has 1 amide bonds. The Morgan fingerprint density at radius 2 is 1.63 bits per heavy atom. The third-order valence-corrected chi connectivity index (χ3v) is 5.79. The molecule has 2 rings (SSSR count). The number of benzene rings is 2. The SMILES string of the molecule is CCCCCCNC(=O)c1ccc(CNS(=O)(=O)c2ccc(Cl)cc2)cc1. The van der Waals surface area contributed by atoms with Crippen LogP contribution >= 0.6 is 11.6 Å². The van der Waals surface area contributed by atoms with E-state index in [1.807, 2.05) is 0 Å². The lowest BCUT2D eigenvalue weighted by molar-refractivity contribution is 0.0953. The first-order valence-electron chi connectivity index (χ1n) is 9.05. The van der Waals surface area contributed by atoms with E-state index in [1.165, 1.54) is 30.7 Å². The lowest BCUT2D eigenvalue weighted by atomic mass is 10.1. The number of rotatable bonds is 10. The zero-order valence-corrected chi connectivity index (χ0v) is 16.9. The fourth-order valence-electron chi connectivity index (χ4n) is 2.51. The van der Waals surface area contributed by atoms with Crippen molar-refractivity contribution in [3.05, 3.63) is 64.7 Å². The molecule has 0 saturated heterocycles. The Morgan fingerprint density at radius 1 is 0.963 bits per heavy atom. The molecule has 146 valence electrons. The molecule has 2 aromatic rings. The van der Waals surface area contributed by atoms with E-state index in [1.54, 1.807) is 24.3 Å². The second kappa shape index (κ2) is 10.4. The molecule has 0 atom stereocenters. The van der Waals surface area contributed by atoms with Gasteiger partial charge in [-0.25, -0.2) is 13.1 Å². The molecule has 0 saturated carbocycles. The summed E-state index contributed by atoms with van der Waals surface area (Å²) in [5, 5.41) is 3.38. The Labute approximate surface area is 166 Å². The van der Waals surface area contributed by atoms with Gasteiger partial charge in [0.05, 0.1) is 4.90 Å². The van der Waals surface area contributed by atoms with Crippen LogP contribution in [0.25, 0.3) is 0 Å². The predicted octanol–water partition coefficient (Wildman–Crippen LogP) is 4.13. The Kier molecular flexibility index (Phi) is 8.28. The summed E-state index contributed by atoms with van der Waals surface area (Å²) in [6.45, 7) is 2.96. The number of amides is 1. The Hall–Kier alpha value is -1.89. The van der Waals surface area contributed by atoms with E-state index in [2.05, 4.69) is 17.0 Å². The van der Waals surface area contributed by atoms with Crippen molar-refractivity contribution in [2.24, 2.45) is 0 Å². The van der Waals surface area contributed by atoms with Gasteiger partial charge in [-0.1, -0.05) is 49.9 Å². The molecule has 0 bridgehead atoms. The molecular weight excluding hydrogens is 384 g/mol. The molecule has 0 radical (unpaired) electrons. The molecule has 27 heavy (non-hydrogen) atoms. The van der Waals surface area contributed by atoms with E-state index in [0.717, 1.165) is 24.8 Å². The minimum Gasteiger partial charge on any atom is -0.352 e. The quantitative estimate of drug-likeness (QED) is 0.580.